The molecule has 54 valence electrons. The van der Waals surface area contributed by atoms with Crippen LogP contribution in [0.1, 0.15) is 20.3 Å². The first-order chi connectivity index (χ1) is 4.09. The molecule has 0 fully saturated rings. The molecule has 0 atom stereocenters. The lowest BCUT2D eigenvalue weighted by molar-refractivity contribution is -0.0384. The van der Waals surface area contributed by atoms with Gasteiger partial charge in [-0.25, -0.2) is 0 Å². The molecule has 0 saturated heterocycles. The summed E-state index contributed by atoms with van der Waals surface area (Å²) in [6.45, 7) is 3.47. The Labute approximate surface area is 54.3 Å². The van der Waals surface area contributed by atoms with Crippen molar-refractivity contribution in [3.05, 3.63) is 11.3 Å². The van der Waals surface area contributed by atoms with Crippen LogP contribution in [-0.2, 0) is 0 Å². The van der Waals surface area contributed by atoms with Crippen molar-refractivity contribution in [2.75, 3.05) is 0 Å². The summed E-state index contributed by atoms with van der Waals surface area (Å²) in [6.07, 6.45) is -1.09. The van der Waals surface area contributed by atoms with Crippen LogP contribution in [0.15, 0.2) is 11.3 Å². The molecule has 0 aromatic heterocycles. The van der Waals surface area contributed by atoms with Crippen LogP contribution in [0.5, 0.6) is 0 Å². The Bertz CT molecular complexity index is 115. The van der Waals surface area contributed by atoms with Crippen molar-refractivity contribution in [2.24, 2.45) is 0 Å². The maximum atomic E-state index is 8.77. The van der Waals surface area contributed by atoms with Gasteiger partial charge in [0, 0.05) is 0 Å². The first-order valence-corrected chi connectivity index (χ1v) is 2.84. The molecule has 0 heterocycles. The minimum Gasteiger partial charge on any atom is -0.507 e. The first kappa shape index (κ1) is 8.46. The molecule has 0 aromatic carbocycles. The van der Waals surface area contributed by atoms with E-state index in [1.807, 2.05) is 6.92 Å². The zero-order chi connectivity index (χ0) is 7.44. The Kier molecular flexibility index (Phi) is 3.27. The summed E-state index contributed by atoms with van der Waals surface area (Å²) in [5.74, 6) is -0.336. The van der Waals surface area contributed by atoms with Crippen LogP contribution in [0.4, 0.5) is 0 Å². The monoisotopic (exact) mass is 132 g/mol. The Morgan fingerprint density at radius 3 is 2.00 bits per heavy atom. The summed E-state index contributed by atoms with van der Waals surface area (Å²) in [4.78, 5) is 0. The molecule has 0 spiro atoms. The number of rotatable bonds is 2. The highest BCUT2D eigenvalue weighted by molar-refractivity contribution is 5.04. The van der Waals surface area contributed by atoms with Crippen molar-refractivity contribution in [3.8, 4) is 0 Å². The van der Waals surface area contributed by atoms with E-state index in [4.69, 9.17) is 15.3 Å². The maximum Gasteiger partial charge on any atom is 0.211 e. The second kappa shape index (κ2) is 3.48. The average molecular weight is 132 g/mol. The van der Waals surface area contributed by atoms with E-state index in [0.717, 1.165) is 0 Å². The SMILES string of the molecule is CCC(C)=C(O)C(O)O. The quantitative estimate of drug-likeness (QED) is 0.379. The Morgan fingerprint density at radius 2 is 1.89 bits per heavy atom. The molecule has 0 aromatic rings. The minimum absolute atomic E-state index is 0.336. The third kappa shape index (κ3) is 2.49. The number of aliphatic hydroxyl groups is 3. The normalized spacial score (nSPS) is 13.9. The highest BCUT2D eigenvalue weighted by atomic mass is 16.5. The topological polar surface area (TPSA) is 60.7 Å². The fourth-order valence-electron chi connectivity index (χ4n) is 0.402. The summed E-state index contributed by atoms with van der Waals surface area (Å²) >= 11 is 0. The standard InChI is InChI=1S/C6H12O3/c1-3-4(2)5(7)6(8)9/h6-9H,3H2,1-2H3. The number of allylic oxidation sites excluding steroid dienone is 1. The molecular weight excluding hydrogens is 120 g/mol. The van der Waals surface area contributed by atoms with Crippen LogP contribution < -0.4 is 0 Å². The third-order valence-corrected chi connectivity index (χ3v) is 1.21. The lowest BCUT2D eigenvalue weighted by atomic mass is 10.2. The highest BCUT2D eigenvalue weighted by Crippen LogP contribution is 2.06. The van der Waals surface area contributed by atoms with Crippen LogP contribution in [0.25, 0.3) is 0 Å². The van der Waals surface area contributed by atoms with Crippen molar-refractivity contribution in [1.29, 1.82) is 0 Å². The largest absolute Gasteiger partial charge is 0.507 e. The van der Waals surface area contributed by atoms with Gasteiger partial charge in [-0.2, -0.15) is 0 Å². The fourth-order valence-corrected chi connectivity index (χ4v) is 0.402. The van der Waals surface area contributed by atoms with Crippen LogP contribution in [0.3, 0.4) is 0 Å². The van der Waals surface area contributed by atoms with Gasteiger partial charge in [0.25, 0.3) is 0 Å². The van der Waals surface area contributed by atoms with Crippen molar-refractivity contribution >= 4 is 0 Å². The number of hydrogen-bond acceptors (Lipinski definition) is 3. The van der Waals surface area contributed by atoms with E-state index < -0.39 is 6.29 Å². The number of aliphatic hydroxyl groups excluding tert-OH is 2. The van der Waals surface area contributed by atoms with Gasteiger partial charge in [-0.3, -0.25) is 0 Å². The van der Waals surface area contributed by atoms with E-state index in [1.54, 1.807) is 6.92 Å². The van der Waals surface area contributed by atoms with E-state index in [1.165, 1.54) is 0 Å². The van der Waals surface area contributed by atoms with E-state index in [-0.39, 0.29) is 5.76 Å². The molecule has 0 rings (SSSR count). The van der Waals surface area contributed by atoms with Crippen molar-refractivity contribution in [3.63, 3.8) is 0 Å². The van der Waals surface area contributed by atoms with E-state index in [2.05, 4.69) is 0 Å². The van der Waals surface area contributed by atoms with Crippen molar-refractivity contribution in [2.45, 2.75) is 26.6 Å². The van der Waals surface area contributed by atoms with Gasteiger partial charge in [-0.1, -0.05) is 6.92 Å². The predicted molar refractivity (Wildman–Crippen MR) is 33.8 cm³/mol. The molecule has 0 aliphatic heterocycles. The highest BCUT2D eigenvalue weighted by Gasteiger charge is 2.05. The molecule has 3 nitrogen and oxygen atoms in total. The maximum absolute atomic E-state index is 8.77. The second-order valence-electron chi connectivity index (χ2n) is 1.89. The summed E-state index contributed by atoms with van der Waals surface area (Å²) in [6, 6.07) is 0. The molecule has 0 aliphatic carbocycles. The van der Waals surface area contributed by atoms with Crippen LogP contribution in [0, 0.1) is 0 Å². The smallest absolute Gasteiger partial charge is 0.211 e. The molecule has 9 heavy (non-hydrogen) atoms. The molecule has 0 saturated carbocycles. The molecular formula is C6H12O3. The fraction of sp³-hybridized carbons (Fsp3) is 0.667. The van der Waals surface area contributed by atoms with Crippen LogP contribution in [-0.4, -0.2) is 21.6 Å². The molecule has 0 aliphatic rings. The Balaban J connectivity index is 4.10. The summed E-state index contributed by atoms with van der Waals surface area (Å²) in [5, 5.41) is 25.5. The van der Waals surface area contributed by atoms with Gasteiger partial charge < -0.3 is 15.3 Å². The zero-order valence-electron chi connectivity index (χ0n) is 5.63. The average Bonchev–Trinajstić information content (AvgIpc) is 1.84. The van der Waals surface area contributed by atoms with Crippen LogP contribution >= 0.6 is 0 Å². The number of hydrogen-bond donors (Lipinski definition) is 3. The van der Waals surface area contributed by atoms with Crippen molar-refractivity contribution < 1.29 is 15.3 Å². The second-order valence-corrected chi connectivity index (χ2v) is 1.89. The van der Waals surface area contributed by atoms with Gasteiger partial charge in [-0.15, -0.1) is 0 Å². The molecule has 0 amide bonds. The summed E-state index contributed by atoms with van der Waals surface area (Å²) in [7, 11) is 0. The van der Waals surface area contributed by atoms with Crippen molar-refractivity contribution in [1.82, 2.24) is 0 Å². The lowest BCUT2D eigenvalue weighted by Gasteiger charge is -2.04. The zero-order valence-corrected chi connectivity index (χ0v) is 5.63. The first-order valence-electron chi connectivity index (χ1n) is 2.84. The van der Waals surface area contributed by atoms with Gasteiger partial charge in [0.2, 0.25) is 6.29 Å². The van der Waals surface area contributed by atoms with Crippen LogP contribution in [0.2, 0.25) is 0 Å². The molecule has 0 bridgehead atoms. The predicted octanol–water partition coefficient (Wildman–Crippen LogP) is 0.539. The molecule has 3 N–H and O–H groups in total. The van der Waals surface area contributed by atoms with Gasteiger partial charge in [0.05, 0.1) is 0 Å². The van der Waals surface area contributed by atoms with E-state index in [0.29, 0.717) is 12.0 Å². The Hall–Kier alpha value is -0.540. The van der Waals surface area contributed by atoms with Gasteiger partial charge in [0.1, 0.15) is 5.76 Å². The van der Waals surface area contributed by atoms with Gasteiger partial charge in [0.15, 0.2) is 0 Å². The third-order valence-electron chi connectivity index (χ3n) is 1.21. The minimum atomic E-state index is -1.72. The molecule has 3 heteroatoms. The van der Waals surface area contributed by atoms with E-state index >= 15 is 0 Å². The van der Waals surface area contributed by atoms with Gasteiger partial charge >= 0.3 is 0 Å². The Morgan fingerprint density at radius 1 is 1.44 bits per heavy atom. The summed E-state index contributed by atoms with van der Waals surface area (Å²) < 4.78 is 0. The molecule has 0 unspecified atom stereocenters. The van der Waals surface area contributed by atoms with Gasteiger partial charge in [-0.05, 0) is 18.9 Å². The molecule has 0 radical (unpaired) electrons. The lowest BCUT2D eigenvalue weighted by Crippen LogP contribution is -2.09. The summed E-state index contributed by atoms with van der Waals surface area (Å²) in [5.41, 5.74) is 0.602. The van der Waals surface area contributed by atoms with E-state index in [9.17, 15) is 0 Å².